The molecular formula is C4H11N. The lowest BCUT2D eigenvalue weighted by Crippen LogP contribution is -2.04. The summed E-state index contributed by atoms with van der Waals surface area (Å²) in [6.07, 6.45) is 1.07. The predicted octanol–water partition coefficient (Wildman–Crippen LogP) is 0.616. The zero-order valence-corrected chi connectivity index (χ0v) is 3.86. The first-order chi connectivity index (χ1) is 2.77. The van der Waals surface area contributed by atoms with Crippen LogP contribution in [-0.4, -0.2) is 13.6 Å². The van der Waals surface area contributed by atoms with Crippen molar-refractivity contribution in [2.24, 2.45) is 0 Å². The molecule has 0 amide bonds. The minimum atomic E-state index is 0.875. The molecule has 0 atom stereocenters. The third-order valence-electron chi connectivity index (χ3n) is 0.447. The summed E-state index contributed by atoms with van der Waals surface area (Å²) in [5.41, 5.74) is 0. The van der Waals surface area contributed by atoms with E-state index < -0.39 is 0 Å². The maximum atomic E-state index is 6.81. The van der Waals surface area contributed by atoms with Gasteiger partial charge in [0.05, 0.1) is 0 Å². The monoisotopic (exact) mass is 74.1 g/mol. The van der Waals surface area contributed by atoms with E-state index in [9.17, 15) is 0 Å². The van der Waals surface area contributed by atoms with Gasteiger partial charge in [-0.15, -0.1) is 0 Å². The van der Waals surface area contributed by atoms with Crippen LogP contribution in [0.5, 0.6) is 0 Å². The number of nitrogens with one attached hydrogen (secondary N) is 1. The van der Waals surface area contributed by atoms with E-state index in [1.54, 1.807) is 7.05 Å². The van der Waals surface area contributed by atoms with Gasteiger partial charge in [0.15, 0.2) is 0 Å². The highest BCUT2D eigenvalue weighted by Crippen LogP contribution is 1.62. The smallest absolute Gasteiger partial charge is 0.122 e. The van der Waals surface area contributed by atoms with Gasteiger partial charge >= 0.3 is 0 Å². The SMILES string of the molecule is [2H]N(C)CCC. The Kier molecular flexibility index (Phi) is 2.50. The highest BCUT2D eigenvalue weighted by molar-refractivity contribution is 4.28. The minimum Gasteiger partial charge on any atom is -0.320 e. The molecule has 1 nitrogen and oxygen atoms in total. The molecule has 1 N–H and O–H groups in total. The Labute approximate surface area is 34.8 Å². The van der Waals surface area contributed by atoms with Crippen molar-refractivity contribution in [2.75, 3.05) is 13.6 Å². The topological polar surface area (TPSA) is 12.0 Å². The summed E-state index contributed by atoms with van der Waals surface area (Å²) in [7, 11) is 1.75. The molecule has 0 heterocycles. The minimum absolute atomic E-state index is 0.875. The van der Waals surface area contributed by atoms with Crippen molar-refractivity contribution in [1.29, 1.82) is 0 Å². The van der Waals surface area contributed by atoms with Crippen molar-refractivity contribution in [2.45, 2.75) is 13.3 Å². The molecule has 0 saturated heterocycles. The van der Waals surface area contributed by atoms with Gasteiger partial charge < -0.3 is 5.31 Å². The van der Waals surface area contributed by atoms with Gasteiger partial charge in [-0.05, 0) is 20.0 Å². The summed E-state index contributed by atoms with van der Waals surface area (Å²) in [6.45, 7) is 2.94. The maximum absolute atomic E-state index is 6.81. The molecule has 0 aromatic heterocycles. The number of rotatable bonds is 2. The van der Waals surface area contributed by atoms with E-state index in [1.165, 1.54) is 5.31 Å². The fourth-order valence-corrected chi connectivity index (χ4v) is 0.224. The molecule has 0 fully saturated rings. The summed E-state index contributed by atoms with van der Waals surface area (Å²) in [5.74, 6) is 0. The van der Waals surface area contributed by atoms with Crippen LogP contribution in [0, 0.1) is 0 Å². The van der Waals surface area contributed by atoms with Gasteiger partial charge in [0.2, 0.25) is 0 Å². The fourth-order valence-electron chi connectivity index (χ4n) is 0.224. The molecule has 0 rings (SSSR count). The van der Waals surface area contributed by atoms with E-state index in [0.717, 1.165) is 13.0 Å². The highest BCUT2D eigenvalue weighted by Gasteiger charge is 1.64. The third-order valence-corrected chi connectivity index (χ3v) is 0.447. The first-order valence-electron chi connectivity index (χ1n) is 2.42. The summed E-state index contributed by atoms with van der Waals surface area (Å²) in [6, 6.07) is 0. The molecule has 32 valence electrons. The molecule has 0 bridgehead atoms. The van der Waals surface area contributed by atoms with Crippen LogP contribution in [0.2, 0.25) is 1.41 Å². The molecule has 1 heteroatoms. The van der Waals surface area contributed by atoms with Crippen LogP contribution >= 0.6 is 0 Å². The fraction of sp³-hybridized carbons (Fsp3) is 1.00. The van der Waals surface area contributed by atoms with Gasteiger partial charge in [-0.2, -0.15) is 0 Å². The quantitative estimate of drug-likeness (QED) is 0.506. The molecule has 0 unspecified atom stereocenters. The van der Waals surface area contributed by atoms with Crippen LogP contribution in [0.4, 0.5) is 0 Å². The van der Waals surface area contributed by atoms with Crippen molar-refractivity contribution in [3.8, 4) is 0 Å². The van der Waals surface area contributed by atoms with E-state index in [-0.39, 0.29) is 0 Å². The first-order valence-corrected chi connectivity index (χ1v) is 1.97. The molecule has 0 aromatic rings. The summed E-state index contributed by atoms with van der Waals surface area (Å²) < 4.78 is 6.81. The number of hydrogen-bond acceptors (Lipinski definition) is 1. The van der Waals surface area contributed by atoms with Gasteiger partial charge in [-0.1, -0.05) is 6.92 Å². The summed E-state index contributed by atoms with van der Waals surface area (Å²) in [5, 5.41) is 1.43. The molecule has 0 spiro atoms. The molecule has 5 heavy (non-hydrogen) atoms. The van der Waals surface area contributed by atoms with E-state index >= 15 is 0 Å². The van der Waals surface area contributed by atoms with Crippen molar-refractivity contribution in [3.63, 3.8) is 0 Å². The van der Waals surface area contributed by atoms with Crippen LogP contribution < -0.4 is 5.31 Å². The van der Waals surface area contributed by atoms with E-state index in [2.05, 4.69) is 6.92 Å². The molecule has 0 aromatic carbocycles. The lowest BCUT2D eigenvalue weighted by atomic mass is 10.5. The van der Waals surface area contributed by atoms with Crippen LogP contribution in [-0.2, 0) is 0 Å². The van der Waals surface area contributed by atoms with Crippen molar-refractivity contribution in [3.05, 3.63) is 0 Å². The standard InChI is InChI=1S/C4H11N/c1-3-4-5-2/h5H,3-4H2,1-2H3/i/hD. The van der Waals surface area contributed by atoms with Gasteiger partial charge in [0.25, 0.3) is 0 Å². The van der Waals surface area contributed by atoms with Crippen molar-refractivity contribution >= 4 is 0 Å². The second-order valence-electron chi connectivity index (χ2n) is 1.04. The average Bonchev–Trinajstić information content (AvgIpc) is 1.35. The third kappa shape index (κ3) is 3.96. The van der Waals surface area contributed by atoms with E-state index in [0.29, 0.717) is 0 Å². The highest BCUT2D eigenvalue weighted by atomic mass is 14.8. The normalized spacial score (nSPS) is 12.2. The second kappa shape index (κ2) is 3.96. The second-order valence-corrected chi connectivity index (χ2v) is 1.04. The first kappa shape index (κ1) is 3.16. The Bertz CT molecular complexity index is 28.7. The van der Waals surface area contributed by atoms with Gasteiger partial charge in [-0.25, -0.2) is 0 Å². The largest absolute Gasteiger partial charge is 0.320 e. The van der Waals surface area contributed by atoms with Gasteiger partial charge in [-0.3, -0.25) is 0 Å². The lowest BCUT2D eigenvalue weighted by Gasteiger charge is -1.84. The van der Waals surface area contributed by atoms with E-state index in [1.807, 2.05) is 0 Å². The predicted molar refractivity (Wildman–Crippen MR) is 24.2 cm³/mol. The Morgan fingerprint density at radius 1 is 2.00 bits per heavy atom. The Morgan fingerprint density at radius 2 is 2.60 bits per heavy atom. The number of hydrogen-bond donors (Lipinski definition) is 1. The summed E-state index contributed by atoms with van der Waals surface area (Å²) >= 11 is 0. The molecule has 0 aliphatic heterocycles. The van der Waals surface area contributed by atoms with Crippen LogP contribution in [0.3, 0.4) is 0 Å². The Balaban J connectivity index is 2.63. The van der Waals surface area contributed by atoms with Crippen LogP contribution in [0.15, 0.2) is 0 Å². The molecule has 0 aliphatic carbocycles. The Hall–Kier alpha value is -0.0400. The van der Waals surface area contributed by atoms with Gasteiger partial charge in [0, 0.05) is 0 Å². The molecule has 0 saturated carbocycles. The zero-order valence-electron chi connectivity index (χ0n) is 4.86. The van der Waals surface area contributed by atoms with Gasteiger partial charge in [0.1, 0.15) is 1.41 Å². The van der Waals surface area contributed by atoms with E-state index in [4.69, 9.17) is 1.41 Å². The average molecular weight is 74.1 g/mol. The lowest BCUT2D eigenvalue weighted by molar-refractivity contribution is 0.772. The van der Waals surface area contributed by atoms with Crippen molar-refractivity contribution < 1.29 is 1.41 Å². The van der Waals surface area contributed by atoms with Crippen LogP contribution in [0.1, 0.15) is 13.3 Å². The van der Waals surface area contributed by atoms with Crippen LogP contribution in [0.25, 0.3) is 0 Å². The van der Waals surface area contributed by atoms with Crippen molar-refractivity contribution in [1.82, 2.24) is 5.31 Å². The molecule has 0 radical (unpaired) electrons. The summed E-state index contributed by atoms with van der Waals surface area (Å²) in [4.78, 5) is 0. The Morgan fingerprint density at radius 3 is 2.60 bits per heavy atom. The molecular weight excluding hydrogens is 62.1 g/mol. The zero-order chi connectivity index (χ0) is 4.99. The molecule has 0 aliphatic rings. The maximum Gasteiger partial charge on any atom is 0.122 e.